The molecule has 22 heavy (non-hydrogen) atoms. The van der Waals surface area contributed by atoms with E-state index in [1.165, 1.54) is 11.5 Å². The van der Waals surface area contributed by atoms with E-state index in [0.29, 0.717) is 22.2 Å². The lowest BCUT2D eigenvalue weighted by molar-refractivity contribution is 0.0696. The number of carbonyl (C=O) groups is 1. The number of rotatable bonds is 7. The first kappa shape index (κ1) is 16.6. The highest BCUT2D eigenvalue weighted by atomic mass is 35.5. The van der Waals surface area contributed by atoms with Gasteiger partial charge >= 0.3 is 0 Å². The molecular formula is C14H15Cl2N3O3. The van der Waals surface area contributed by atoms with E-state index >= 15 is 0 Å². The van der Waals surface area contributed by atoms with Gasteiger partial charge in [-0.15, -0.1) is 0 Å². The summed E-state index contributed by atoms with van der Waals surface area (Å²) in [6, 6.07) is 6.90. The topological polar surface area (TPSA) is 87.4 Å². The predicted octanol–water partition coefficient (Wildman–Crippen LogP) is 3.54. The maximum atomic E-state index is 11.1. The molecule has 0 aliphatic rings. The van der Waals surface area contributed by atoms with Gasteiger partial charge in [0.2, 0.25) is 0 Å². The first-order valence-corrected chi connectivity index (χ1v) is 7.44. The molecule has 0 radical (unpaired) electrons. The minimum absolute atomic E-state index is 0.0615. The predicted molar refractivity (Wildman–Crippen MR) is 83.6 cm³/mol. The number of hydrogen-bond donors (Lipinski definition) is 3. The highest BCUT2D eigenvalue weighted by Crippen LogP contribution is 2.24. The van der Waals surface area contributed by atoms with E-state index in [0.717, 1.165) is 25.1 Å². The van der Waals surface area contributed by atoms with Gasteiger partial charge in [0, 0.05) is 24.7 Å². The van der Waals surface area contributed by atoms with Crippen molar-refractivity contribution in [2.75, 3.05) is 11.9 Å². The Bertz CT molecular complexity index is 646. The van der Waals surface area contributed by atoms with E-state index < -0.39 is 5.91 Å². The van der Waals surface area contributed by atoms with Crippen molar-refractivity contribution in [1.82, 2.24) is 10.6 Å². The Hall–Kier alpha value is -1.76. The molecule has 0 fully saturated rings. The van der Waals surface area contributed by atoms with Gasteiger partial charge in [-0.3, -0.25) is 10.0 Å². The lowest BCUT2D eigenvalue weighted by Gasteiger charge is -2.06. The molecule has 1 heterocycles. The summed E-state index contributed by atoms with van der Waals surface area (Å²) in [5.41, 5.74) is 2.48. The van der Waals surface area contributed by atoms with E-state index in [9.17, 15) is 4.79 Å². The molecule has 8 heteroatoms. The molecule has 2 aromatic rings. The van der Waals surface area contributed by atoms with Gasteiger partial charge in [0.15, 0.2) is 5.69 Å². The standard InChI is InChI=1S/C14H15Cl2N3O3/c15-11-5-4-9(7-12(11)16)17-6-2-1-3-10-8-13(19-22-10)14(20)18-21/h4-5,7-8,17,21H,1-3,6H2,(H,18,20). The highest BCUT2D eigenvalue weighted by molar-refractivity contribution is 6.42. The second-order valence-electron chi connectivity index (χ2n) is 4.63. The van der Waals surface area contributed by atoms with Crippen LogP contribution in [-0.4, -0.2) is 22.8 Å². The van der Waals surface area contributed by atoms with Gasteiger partial charge in [-0.2, -0.15) is 0 Å². The van der Waals surface area contributed by atoms with Crippen molar-refractivity contribution >= 4 is 34.8 Å². The first-order valence-electron chi connectivity index (χ1n) is 6.69. The third kappa shape index (κ3) is 4.62. The maximum absolute atomic E-state index is 11.1. The molecule has 6 nitrogen and oxygen atoms in total. The Morgan fingerprint density at radius 2 is 2.05 bits per heavy atom. The average Bonchev–Trinajstić information content (AvgIpc) is 2.98. The molecular weight excluding hydrogens is 329 g/mol. The van der Waals surface area contributed by atoms with E-state index in [1.54, 1.807) is 12.1 Å². The molecule has 0 saturated carbocycles. The molecule has 0 saturated heterocycles. The lowest BCUT2D eigenvalue weighted by Crippen LogP contribution is -2.18. The van der Waals surface area contributed by atoms with Crippen molar-refractivity contribution in [1.29, 1.82) is 0 Å². The van der Waals surface area contributed by atoms with Crippen LogP contribution >= 0.6 is 23.2 Å². The number of unbranched alkanes of at least 4 members (excludes halogenated alkanes) is 1. The minimum Gasteiger partial charge on any atom is -0.385 e. The van der Waals surface area contributed by atoms with Crippen molar-refractivity contribution in [3.8, 4) is 0 Å². The largest absolute Gasteiger partial charge is 0.385 e. The molecule has 0 atom stereocenters. The molecule has 118 valence electrons. The fourth-order valence-electron chi connectivity index (χ4n) is 1.86. The fourth-order valence-corrected chi connectivity index (χ4v) is 2.16. The number of amides is 1. The molecule has 0 unspecified atom stereocenters. The van der Waals surface area contributed by atoms with Gasteiger partial charge in [-0.1, -0.05) is 28.4 Å². The van der Waals surface area contributed by atoms with Gasteiger partial charge in [0.25, 0.3) is 5.91 Å². The van der Waals surface area contributed by atoms with Crippen molar-refractivity contribution in [3.63, 3.8) is 0 Å². The van der Waals surface area contributed by atoms with Crippen LogP contribution in [0.25, 0.3) is 0 Å². The van der Waals surface area contributed by atoms with Crippen molar-refractivity contribution in [2.45, 2.75) is 19.3 Å². The zero-order chi connectivity index (χ0) is 15.9. The van der Waals surface area contributed by atoms with Crippen molar-refractivity contribution in [3.05, 3.63) is 45.8 Å². The zero-order valence-electron chi connectivity index (χ0n) is 11.6. The third-order valence-corrected chi connectivity index (χ3v) is 3.73. The summed E-state index contributed by atoms with van der Waals surface area (Å²) in [4.78, 5) is 11.1. The normalized spacial score (nSPS) is 10.5. The maximum Gasteiger partial charge on any atom is 0.296 e. The third-order valence-electron chi connectivity index (χ3n) is 2.99. The summed E-state index contributed by atoms with van der Waals surface area (Å²) in [6.45, 7) is 0.774. The van der Waals surface area contributed by atoms with Crippen LogP contribution in [0.5, 0.6) is 0 Å². The molecule has 0 aliphatic carbocycles. The average molecular weight is 344 g/mol. The minimum atomic E-state index is -0.684. The van der Waals surface area contributed by atoms with Gasteiger partial charge in [0.1, 0.15) is 5.76 Å². The molecule has 2 rings (SSSR count). The van der Waals surface area contributed by atoms with Crippen LogP contribution in [0.15, 0.2) is 28.8 Å². The lowest BCUT2D eigenvalue weighted by atomic mass is 10.2. The number of anilines is 1. The second kappa shape index (κ2) is 8.03. The summed E-state index contributed by atoms with van der Waals surface area (Å²) in [6.07, 6.45) is 2.43. The van der Waals surface area contributed by atoms with Gasteiger partial charge < -0.3 is 9.84 Å². The number of halogens is 2. The van der Waals surface area contributed by atoms with Crippen LogP contribution < -0.4 is 10.8 Å². The van der Waals surface area contributed by atoms with Crippen LogP contribution in [0, 0.1) is 0 Å². The number of nitrogens with zero attached hydrogens (tertiary/aromatic N) is 1. The van der Waals surface area contributed by atoms with E-state index in [2.05, 4.69) is 10.5 Å². The van der Waals surface area contributed by atoms with Gasteiger partial charge in [0.05, 0.1) is 10.0 Å². The summed E-state index contributed by atoms with van der Waals surface area (Å²) in [7, 11) is 0. The number of aromatic nitrogens is 1. The fraction of sp³-hybridized carbons (Fsp3) is 0.286. The quantitative estimate of drug-likeness (QED) is 0.406. The Kier molecular flexibility index (Phi) is 6.06. The first-order chi connectivity index (χ1) is 10.6. The van der Waals surface area contributed by atoms with E-state index in [4.69, 9.17) is 32.9 Å². The van der Waals surface area contributed by atoms with Gasteiger partial charge in [-0.05, 0) is 31.0 Å². The number of benzene rings is 1. The summed E-state index contributed by atoms with van der Waals surface area (Å²) < 4.78 is 5.01. The Labute approximate surface area is 137 Å². The molecule has 1 aromatic heterocycles. The number of hydrogen-bond acceptors (Lipinski definition) is 5. The molecule has 3 N–H and O–H groups in total. The smallest absolute Gasteiger partial charge is 0.296 e. The van der Waals surface area contributed by atoms with Crippen molar-refractivity contribution in [2.24, 2.45) is 0 Å². The number of hydroxylamine groups is 1. The van der Waals surface area contributed by atoms with Crippen LogP contribution in [0.1, 0.15) is 29.1 Å². The molecule has 0 spiro atoms. The molecule has 1 amide bonds. The van der Waals surface area contributed by atoms with E-state index in [-0.39, 0.29) is 5.69 Å². The van der Waals surface area contributed by atoms with Crippen LogP contribution in [0.3, 0.4) is 0 Å². The van der Waals surface area contributed by atoms with Crippen LogP contribution in [-0.2, 0) is 6.42 Å². The Morgan fingerprint density at radius 1 is 1.23 bits per heavy atom. The van der Waals surface area contributed by atoms with Gasteiger partial charge in [-0.25, -0.2) is 5.48 Å². The molecule has 0 aliphatic heterocycles. The van der Waals surface area contributed by atoms with Crippen LogP contribution in [0.2, 0.25) is 10.0 Å². The monoisotopic (exact) mass is 343 g/mol. The van der Waals surface area contributed by atoms with E-state index in [1.807, 2.05) is 6.07 Å². The Morgan fingerprint density at radius 3 is 2.77 bits per heavy atom. The zero-order valence-corrected chi connectivity index (χ0v) is 13.1. The molecule has 0 bridgehead atoms. The molecule has 1 aromatic carbocycles. The van der Waals surface area contributed by atoms with Crippen molar-refractivity contribution < 1.29 is 14.5 Å². The number of carbonyl (C=O) groups excluding carboxylic acids is 1. The number of aryl methyl sites for hydroxylation is 1. The second-order valence-corrected chi connectivity index (χ2v) is 5.45. The summed E-state index contributed by atoms with van der Waals surface area (Å²) in [5.74, 6) is -0.0792. The highest BCUT2D eigenvalue weighted by Gasteiger charge is 2.11. The SMILES string of the molecule is O=C(NO)c1cc(CCCCNc2ccc(Cl)c(Cl)c2)on1. The van der Waals surface area contributed by atoms with Crippen LogP contribution in [0.4, 0.5) is 5.69 Å². The summed E-state index contributed by atoms with van der Waals surface area (Å²) >= 11 is 11.8. The summed E-state index contributed by atoms with van der Waals surface area (Å²) in [5, 5.41) is 16.3. The number of nitrogens with one attached hydrogen (secondary N) is 2. The Balaban J connectivity index is 1.70.